The second-order valence-electron chi connectivity index (χ2n) is 7.41. The minimum atomic E-state index is -3.91. The summed E-state index contributed by atoms with van der Waals surface area (Å²) < 4.78 is 51.1. The van der Waals surface area contributed by atoms with E-state index in [-0.39, 0.29) is 31.2 Å². The number of carbonyl (C=O) groups is 2. The third-order valence-corrected chi connectivity index (χ3v) is 7.14. The van der Waals surface area contributed by atoms with Crippen LogP contribution in [0.2, 0.25) is 0 Å². The van der Waals surface area contributed by atoms with E-state index in [2.05, 4.69) is 0 Å². The summed E-state index contributed by atoms with van der Waals surface area (Å²) in [5.74, 6) is -2.46. The van der Waals surface area contributed by atoms with Gasteiger partial charge in [0.15, 0.2) is 6.61 Å². The van der Waals surface area contributed by atoms with Crippen LogP contribution < -0.4 is 0 Å². The fourth-order valence-electron chi connectivity index (χ4n) is 3.30. The van der Waals surface area contributed by atoms with Gasteiger partial charge in [0.2, 0.25) is 15.8 Å². The van der Waals surface area contributed by atoms with E-state index in [1.165, 1.54) is 4.31 Å². The van der Waals surface area contributed by atoms with E-state index < -0.39 is 39.8 Å². The number of halogens is 1. The molecule has 0 N–H and O–H groups in total. The Morgan fingerprint density at radius 1 is 1.00 bits per heavy atom. The molecular weight excluding hydrogens is 425 g/mol. The summed E-state index contributed by atoms with van der Waals surface area (Å²) in [4.78, 5) is 24.7. The lowest BCUT2D eigenvalue weighted by Crippen LogP contribution is -2.40. The van der Waals surface area contributed by atoms with Gasteiger partial charge in [-0.2, -0.15) is 4.31 Å². The average molecular weight is 450 g/mol. The van der Waals surface area contributed by atoms with Gasteiger partial charge in [-0.25, -0.2) is 17.6 Å². The summed E-state index contributed by atoms with van der Waals surface area (Å²) in [7, 11) is -3.91. The number of ether oxygens (including phenoxy) is 2. The van der Waals surface area contributed by atoms with Crippen LogP contribution in [-0.2, 0) is 19.5 Å². The molecule has 1 fully saturated rings. The van der Waals surface area contributed by atoms with Crippen LogP contribution in [0, 0.1) is 26.6 Å². The number of benzene rings is 2. The number of esters is 1. The van der Waals surface area contributed by atoms with Crippen molar-refractivity contribution >= 4 is 21.8 Å². The molecular formula is C22H24FNO6S. The summed E-state index contributed by atoms with van der Waals surface area (Å²) in [6.07, 6.45) is 0. The predicted molar refractivity (Wildman–Crippen MR) is 111 cm³/mol. The van der Waals surface area contributed by atoms with Gasteiger partial charge >= 0.3 is 5.97 Å². The Bertz CT molecular complexity index is 1120. The maximum absolute atomic E-state index is 14.2. The number of rotatable bonds is 6. The SMILES string of the molecule is Cc1cc(C)c(C(=O)COC(=O)c2cc(S(=O)(=O)N3CCOCC3)ccc2F)cc1C. The highest BCUT2D eigenvalue weighted by Crippen LogP contribution is 2.21. The third kappa shape index (κ3) is 5.00. The summed E-state index contributed by atoms with van der Waals surface area (Å²) in [5.41, 5.74) is 2.58. The van der Waals surface area contributed by atoms with Crippen molar-refractivity contribution in [2.75, 3.05) is 32.9 Å². The van der Waals surface area contributed by atoms with Crippen LogP contribution in [0.1, 0.15) is 37.4 Å². The van der Waals surface area contributed by atoms with Crippen molar-refractivity contribution in [2.45, 2.75) is 25.7 Å². The van der Waals surface area contributed by atoms with Crippen molar-refractivity contribution in [3.8, 4) is 0 Å². The average Bonchev–Trinajstić information content (AvgIpc) is 2.75. The summed E-state index contributed by atoms with van der Waals surface area (Å²) in [5, 5.41) is 0. The topological polar surface area (TPSA) is 90.0 Å². The highest BCUT2D eigenvalue weighted by Gasteiger charge is 2.28. The fourth-order valence-corrected chi connectivity index (χ4v) is 4.74. The van der Waals surface area contributed by atoms with E-state index in [0.717, 1.165) is 34.9 Å². The lowest BCUT2D eigenvalue weighted by molar-refractivity contribution is 0.0469. The van der Waals surface area contributed by atoms with Crippen LogP contribution in [0.3, 0.4) is 0 Å². The van der Waals surface area contributed by atoms with E-state index in [4.69, 9.17) is 9.47 Å². The van der Waals surface area contributed by atoms with Gasteiger partial charge in [0.1, 0.15) is 5.82 Å². The first-order valence-corrected chi connectivity index (χ1v) is 11.2. The fraction of sp³-hybridized carbons (Fsp3) is 0.364. The molecule has 0 atom stereocenters. The molecule has 31 heavy (non-hydrogen) atoms. The summed E-state index contributed by atoms with van der Waals surface area (Å²) >= 11 is 0. The third-order valence-electron chi connectivity index (χ3n) is 5.24. The first kappa shape index (κ1) is 23.1. The molecule has 0 radical (unpaired) electrons. The van der Waals surface area contributed by atoms with Gasteiger partial charge in [-0.15, -0.1) is 0 Å². The number of carbonyl (C=O) groups excluding carboxylic acids is 2. The van der Waals surface area contributed by atoms with Crippen molar-refractivity contribution in [2.24, 2.45) is 0 Å². The molecule has 2 aromatic carbocycles. The molecule has 1 aliphatic rings. The molecule has 2 aromatic rings. The van der Waals surface area contributed by atoms with Crippen molar-refractivity contribution in [1.82, 2.24) is 4.31 Å². The predicted octanol–water partition coefficient (Wildman–Crippen LogP) is 2.81. The Labute approximate surface area is 180 Å². The number of aryl methyl sites for hydroxylation is 3. The molecule has 0 aliphatic carbocycles. The molecule has 9 heteroatoms. The van der Waals surface area contributed by atoms with E-state index in [0.29, 0.717) is 5.56 Å². The molecule has 0 amide bonds. The van der Waals surface area contributed by atoms with Gasteiger partial charge in [0.25, 0.3) is 0 Å². The zero-order valence-electron chi connectivity index (χ0n) is 17.6. The number of hydrogen-bond donors (Lipinski definition) is 0. The van der Waals surface area contributed by atoms with Crippen molar-refractivity contribution < 1.29 is 31.9 Å². The van der Waals surface area contributed by atoms with Crippen molar-refractivity contribution in [3.05, 3.63) is 64.0 Å². The van der Waals surface area contributed by atoms with Crippen LogP contribution in [0.25, 0.3) is 0 Å². The summed E-state index contributed by atoms with van der Waals surface area (Å²) in [6, 6.07) is 6.52. The molecule has 0 saturated carbocycles. The smallest absolute Gasteiger partial charge is 0.341 e. The van der Waals surface area contributed by atoms with Crippen LogP contribution in [0.15, 0.2) is 35.2 Å². The zero-order valence-corrected chi connectivity index (χ0v) is 18.4. The lowest BCUT2D eigenvalue weighted by Gasteiger charge is -2.26. The first-order valence-electron chi connectivity index (χ1n) is 9.77. The van der Waals surface area contributed by atoms with Crippen LogP contribution in [-0.4, -0.2) is 57.4 Å². The standard InChI is InChI=1S/C22H24FNO6S/c1-14-10-16(3)18(11-15(14)2)21(25)13-30-22(26)19-12-17(4-5-20(19)23)31(27,28)24-6-8-29-9-7-24/h4-5,10-12H,6-9,13H2,1-3H3. The number of ketones is 1. The molecule has 1 heterocycles. The molecule has 1 aliphatic heterocycles. The Kier molecular flexibility index (Phi) is 6.88. The number of nitrogens with zero attached hydrogens (tertiary/aromatic N) is 1. The molecule has 0 aromatic heterocycles. The Hall–Kier alpha value is -2.62. The lowest BCUT2D eigenvalue weighted by atomic mass is 9.98. The van der Waals surface area contributed by atoms with Crippen molar-refractivity contribution in [3.63, 3.8) is 0 Å². The van der Waals surface area contributed by atoms with E-state index >= 15 is 0 Å². The Morgan fingerprint density at radius 3 is 2.32 bits per heavy atom. The van der Waals surface area contributed by atoms with Gasteiger partial charge in [0, 0.05) is 18.7 Å². The van der Waals surface area contributed by atoms with Gasteiger partial charge in [-0.05, 0) is 61.7 Å². The number of hydrogen-bond acceptors (Lipinski definition) is 6. The molecule has 1 saturated heterocycles. The maximum Gasteiger partial charge on any atom is 0.341 e. The van der Waals surface area contributed by atoms with E-state index in [1.807, 2.05) is 19.9 Å². The molecule has 7 nitrogen and oxygen atoms in total. The molecule has 166 valence electrons. The van der Waals surface area contributed by atoms with E-state index in [9.17, 15) is 22.4 Å². The minimum absolute atomic E-state index is 0.170. The second-order valence-corrected chi connectivity index (χ2v) is 9.35. The number of Topliss-reactive ketones (excluding diaryl/α,β-unsaturated/α-hetero) is 1. The number of sulfonamides is 1. The molecule has 3 rings (SSSR count). The largest absolute Gasteiger partial charge is 0.454 e. The monoisotopic (exact) mass is 449 g/mol. The van der Waals surface area contributed by atoms with Gasteiger partial charge in [0.05, 0.1) is 23.7 Å². The molecule has 0 bridgehead atoms. The highest BCUT2D eigenvalue weighted by molar-refractivity contribution is 7.89. The molecule has 0 unspecified atom stereocenters. The first-order chi connectivity index (χ1) is 14.6. The highest BCUT2D eigenvalue weighted by atomic mass is 32.2. The maximum atomic E-state index is 14.2. The Morgan fingerprint density at radius 2 is 1.65 bits per heavy atom. The van der Waals surface area contributed by atoms with E-state index in [1.54, 1.807) is 13.0 Å². The van der Waals surface area contributed by atoms with Crippen LogP contribution in [0.4, 0.5) is 4.39 Å². The number of morpholine rings is 1. The minimum Gasteiger partial charge on any atom is -0.454 e. The normalized spacial score (nSPS) is 15.0. The van der Waals surface area contributed by atoms with Crippen molar-refractivity contribution in [1.29, 1.82) is 0 Å². The Balaban J connectivity index is 1.77. The van der Waals surface area contributed by atoms with Crippen LogP contribution >= 0.6 is 0 Å². The van der Waals surface area contributed by atoms with Gasteiger partial charge in [-0.1, -0.05) is 6.07 Å². The molecule has 0 spiro atoms. The van der Waals surface area contributed by atoms with Gasteiger partial charge < -0.3 is 9.47 Å². The van der Waals surface area contributed by atoms with Gasteiger partial charge in [-0.3, -0.25) is 4.79 Å². The second kappa shape index (κ2) is 9.25. The van der Waals surface area contributed by atoms with Crippen LogP contribution in [0.5, 0.6) is 0 Å². The quantitative estimate of drug-likeness (QED) is 0.498. The zero-order chi connectivity index (χ0) is 22.8. The summed E-state index contributed by atoms with van der Waals surface area (Å²) in [6.45, 7) is 5.85.